The first-order valence-electron chi connectivity index (χ1n) is 21.7. The second-order valence-corrected chi connectivity index (χ2v) is 14.4. The number of hydrogen-bond donors (Lipinski definition) is 4. The Morgan fingerprint density at radius 2 is 1.04 bits per heavy atom. The Morgan fingerprint density at radius 1 is 0.571 bits per heavy atom. The van der Waals surface area contributed by atoms with E-state index in [1.807, 2.05) is 0 Å². The number of ether oxygens (including phenoxy) is 4. The summed E-state index contributed by atoms with van der Waals surface area (Å²) < 4.78 is 22.7. The summed E-state index contributed by atoms with van der Waals surface area (Å²) >= 11 is 0. The third-order valence-electron chi connectivity index (χ3n) is 9.31. The molecular weight excluding hydrogens is 709 g/mol. The summed E-state index contributed by atoms with van der Waals surface area (Å²) in [7, 11) is 0. The quantitative estimate of drug-likeness (QED) is 0.0282. The number of rotatable bonds is 35. The van der Waals surface area contributed by atoms with Gasteiger partial charge in [0.2, 0.25) is 0 Å². The summed E-state index contributed by atoms with van der Waals surface area (Å²) in [4.78, 5) is 12.8. The highest BCUT2D eigenvalue weighted by Crippen LogP contribution is 2.22. The highest BCUT2D eigenvalue weighted by Gasteiger charge is 2.44. The molecule has 1 saturated heterocycles. The number of carbonyl (C=O) groups is 1. The van der Waals surface area contributed by atoms with Crippen molar-refractivity contribution in [2.45, 2.75) is 179 Å². The molecule has 9 nitrogen and oxygen atoms in total. The second-order valence-electron chi connectivity index (χ2n) is 14.4. The summed E-state index contributed by atoms with van der Waals surface area (Å²) in [6.07, 6.45) is 43.2. The zero-order valence-corrected chi connectivity index (χ0v) is 34.8. The molecular formula is C47H78O9. The molecule has 0 spiro atoms. The predicted octanol–water partition coefficient (Wildman–Crippen LogP) is 9.47. The summed E-state index contributed by atoms with van der Waals surface area (Å²) in [6.45, 7) is 4.23. The van der Waals surface area contributed by atoms with Gasteiger partial charge in [0, 0.05) is 13.0 Å². The molecule has 0 aliphatic carbocycles. The van der Waals surface area contributed by atoms with Crippen LogP contribution in [0.4, 0.5) is 0 Å². The van der Waals surface area contributed by atoms with Gasteiger partial charge in [-0.3, -0.25) is 4.79 Å². The van der Waals surface area contributed by atoms with Crippen molar-refractivity contribution in [3.63, 3.8) is 0 Å². The van der Waals surface area contributed by atoms with Gasteiger partial charge in [-0.1, -0.05) is 137 Å². The number of aliphatic hydroxyl groups excluding tert-OH is 4. The molecule has 1 rings (SSSR count). The second kappa shape index (κ2) is 37.9. The summed E-state index contributed by atoms with van der Waals surface area (Å²) in [5.74, 6) is -0.341. The van der Waals surface area contributed by atoms with E-state index in [2.05, 4.69) is 98.9 Å². The minimum atomic E-state index is -1.55. The van der Waals surface area contributed by atoms with Gasteiger partial charge in [-0.25, -0.2) is 0 Å². The topological polar surface area (TPSA) is 135 Å². The van der Waals surface area contributed by atoms with Gasteiger partial charge >= 0.3 is 5.97 Å². The van der Waals surface area contributed by atoms with Crippen molar-refractivity contribution in [1.29, 1.82) is 0 Å². The van der Waals surface area contributed by atoms with Gasteiger partial charge in [0.05, 0.1) is 19.8 Å². The first-order valence-corrected chi connectivity index (χ1v) is 21.7. The molecule has 0 aromatic heterocycles. The van der Waals surface area contributed by atoms with Gasteiger partial charge in [0.25, 0.3) is 0 Å². The lowest BCUT2D eigenvalue weighted by molar-refractivity contribution is -0.305. The van der Waals surface area contributed by atoms with Gasteiger partial charge in [0.1, 0.15) is 30.5 Å². The molecule has 1 heterocycles. The van der Waals surface area contributed by atoms with E-state index in [0.29, 0.717) is 13.0 Å². The Bertz CT molecular complexity index is 1120. The van der Waals surface area contributed by atoms with Gasteiger partial charge in [-0.05, 0) is 83.5 Å². The maximum Gasteiger partial charge on any atom is 0.306 e. The van der Waals surface area contributed by atoms with Crippen LogP contribution in [0.1, 0.15) is 142 Å². The van der Waals surface area contributed by atoms with Crippen LogP contribution in [0.2, 0.25) is 0 Å². The van der Waals surface area contributed by atoms with Crippen molar-refractivity contribution in [3.05, 3.63) is 85.1 Å². The fourth-order valence-corrected chi connectivity index (χ4v) is 5.97. The third kappa shape index (κ3) is 28.7. The maximum atomic E-state index is 12.8. The molecule has 6 atom stereocenters. The summed E-state index contributed by atoms with van der Waals surface area (Å²) in [5, 5.41) is 40.1. The van der Waals surface area contributed by atoms with Gasteiger partial charge < -0.3 is 39.4 Å². The van der Waals surface area contributed by atoms with E-state index in [4.69, 9.17) is 18.9 Å². The Hall–Kier alpha value is -2.63. The highest BCUT2D eigenvalue weighted by atomic mass is 16.7. The van der Waals surface area contributed by atoms with Crippen LogP contribution < -0.4 is 0 Å². The molecule has 0 aromatic rings. The average molecular weight is 787 g/mol. The van der Waals surface area contributed by atoms with Crippen LogP contribution >= 0.6 is 0 Å². The fourth-order valence-electron chi connectivity index (χ4n) is 5.97. The van der Waals surface area contributed by atoms with Crippen molar-refractivity contribution in [3.8, 4) is 0 Å². The van der Waals surface area contributed by atoms with Crippen molar-refractivity contribution >= 4 is 5.97 Å². The minimum Gasteiger partial charge on any atom is -0.457 e. The Morgan fingerprint density at radius 3 is 1.55 bits per heavy atom. The number of hydrogen-bond acceptors (Lipinski definition) is 9. The molecule has 4 N–H and O–H groups in total. The van der Waals surface area contributed by atoms with Crippen molar-refractivity contribution in [2.75, 3.05) is 26.4 Å². The molecule has 0 radical (unpaired) electrons. The lowest BCUT2D eigenvalue weighted by Gasteiger charge is -2.39. The smallest absolute Gasteiger partial charge is 0.306 e. The lowest BCUT2D eigenvalue weighted by Crippen LogP contribution is -2.59. The number of esters is 1. The first-order chi connectivity index (χ1) is 27.4. The van der Waals surface area contributed by atoms with E-state index in [-0.39, 0.29) is 19.2 Å². The molecule has 6 unspecified atom stereocenters. The monoisotopic (exact) mass is 787 g/mol. The van der Waals surface area contributed by atoms with Crippen molar-refractivity contribution in [2.24, 2.45) is 0 Å². The molecule has 0 bridgehead atoms. The van der Waals surface area contributed by atoms with Crippen LogP contribution in [0.15, 0.2) is 85.1 Å². The zero-order valence-electron chi connectivity index (χ0n) is 34.8. The molecule has 320 valence electrons. The largest absolute Gasteiger partial charge is 0.457 e. The van der Waals surface area contributed by atoms with Crippen molar-refractivity contribution in [1.82, 2.24) is 0 Å². The van der Waals surface area contributed by atoms with Gasteiger partial charge in [0.15, 0.2) is 6.29 Å². The summed E-state index contributed by atoms with van der Waals surface area (Å²) in [6, 6.07) is 0. The molecule has 1 aliphatic heterocycles. The lowest BCUT2D eigenvalue weighted by atomic mass is 9.99. The molecule has 56 heavy (non-hydrogen) atoms. The van der Waals surface area contributed by atoms with Crippen LogP contribution in [0.25, 0.3) is 0 Å². The highest BCUT2D eigenvalue weighted by molar-refractivity contribution is 5.69. The molecule has 0 aromatic carbocycles. The summed E-state index contributed by atoms with van der Waals surface area (Å²) in [5.41, 5.74) is 0. The SMILES string of the molecule is CC/C=C\C/C=C\C/C=C\C/C=C\CCCCCCCCC(=O)OC(COCCCCCC/C=C\C/C=C\C/C=C\CC)COC1OC(CO)C(O)C(O)C1O. The molecule has 0 amide bonds. The normalized spacial score (nSPS) is 21.4. The Balaban J connectivity index is 2.31. The van der Waals surface area contributed by atoms with Crippen LogP contribution in [-0.2, 0) is 23.7 Å². The van der Waals surface area contributed by atoms with Crippen LogP contribution in [0.3, 0.4) is 0 Å². The number of allylic oxidation sites excluding steroid dienone is 14. The minimum absolute atomic E-state index is 0.118. The molecule has 1 aliphatic rings. The maximum absolute atomic E-state index is 12.8. The number of carbonyl (C=O) groups excluding carboxylic acids is 1. The number of unbranched alkanes of at least 4 members (excludes halogenated alkanes) is 10. The number of aliphatic hydroxyl groups is 4. The fraction of sp³-hybridized carbons (Fsp3) is 0.681. The molecule has 0 saturated carbocycles. The van der Waals surface area contributed by atoms with E-state index in [0.717, 1.165) is 109 Å². The third-order valence-corrected chi connectivity index (χ3v) is 9.31. The van der Waals surface area contributed by atoms with Crippen LogP contribution in [0, 0.1) is 0 Å². The van der Waals surface area contributed by atoms with Gasteiger partial charge in [-0.2, -0.15) is 0 Å². The zero-order chi connectivity index (χ0) is 40.7. The van der Waals surface area contributed by atoms with Crippen molar-refractivity contribution < 1.29 is 44.2 Å². The molecule has 9 heteroatoms. The first kappa shape index (κ1) is 51.4. The van der Waals surface area contributed by atoms with Gasteiger partial charge in [-0.15, -0.1) is 0 Å². The van der Waals surface area contributed by atoms with Crippen LogP contribution in [-0.4, -0.2) is 89.6 Å². The van der Waals surface area contributed by atoms with E-state index >= 15 is 0 Å². The van der Waals surface area contributed by atoms with Crippen LogP contribution in [0.5, 0.6) is 0 Å². The predicted molar refractivity (Wildman–Crippen MR) is 228 cm³/mol. The molecule has 1 fully saturated rings. The standard InChI is InChI=1S/C47H78O9/c1-3-5-7-9-11-13-15-17-19-20-21-22-23-24-26-28-30-32-34-36-43(49)55-41(40-54-47-46(52)45(51)44(50)42(38-48)56-47)39-53-37-35-33-31-29-27-25-18-16-14-12-10-8-6-4-2/h5-8,11-14,17-19,21-22,25,41-42,44-48,50-52H,3-4,9-10,15-16,20,23-24,26-40H2,1-2H3/b7-5-,8-6-,13-11-,14-12-,19-17-,22-21-,25-18-. The Labute approximate surface area is 339 Å². The van der Waals surface area contributed by atoms with E-state index in [9.17, 15) is 25.2 Å². The average Bonchev–Trinajstić information content (AvgIpc) is 3.20. The Kier molecular flexibility index (Phi) is 34.8. The van der Waals surface area contributed by atoms with E-state index in [1.54, 1.807) is 0 Å². The van der Waals surface area contributed by atoms with E-state index in [1.165, 1.54) is 12.8 Å². The van der Waals surface area contributed by atoms with E-state index < -0.39 is 43.4 Å².